The molecule has 0 unspecified atom stereocenters. The predicted molar refractivity (Wildman–Crippen MR) is 182 cm³/mol. The van der Waals surface area contributed by atoms with Gasteiger partial charge < -0.3 is 44.7 Å². The number of rotatable bonds is 23. The van der Waals surface area contributed by atoms with E-state index in [1.165, 1.54) is 0 Å². The van der Waals surface area contributed by atoms with Crippen LogP contribution in [0.5, 0.6) is 11.5 Å². The maximum Gasteiger partial charge on any atom is 0.407 e. The molecular formula is C35H61N3O9. The van der Waals surface area contributed by atoms with Crippen molar-refractivity contribution in [1.29, 1.82) is 0 Å². The highest BCUT2D eigenvalue weighted by Gasteiger charge is 2.31. The van der Waals surface area contributed by atoms with Crippen LogP contribution in [0.3, 0.4) is 0 Å². The highest BCUT2D eigenvalue weighted by Crippen LogP contribution is 2.32. The van der Waals surface area contributed by atoms with E-state index in [1.807, 2.05) is 18.2 Å². The Morgan fingerprint density at radius 2 is 1.57 bits per heavy atom. The summed E-state index contributed by atoms with van der Waals surface area (Å²) in [7, 11) is 4.83. The van der Waals surface area contributed by atoms with Crippen molar-refractivity contribution in [3.63, 3.8) is 0 Å². The first-order valence-electron chi connectivity index (χ1n) is 16.7. The van der Waals surface area contributed by atoms with Crippen LogP contribution in [0.2, 0.25) is 0 Å². The molecule has 0 aliphatic rings. The molecule has 270 valence electrons. The molecule has 1 rings (SSSR count). The molecule has 0 bridgehead atoms. The number of carbonyl (C=O) groups is 3. The molecule has 47 heavy (non-hydrogen) atoms. The van der Waals surface area contributed by atoms with E-state index in [-0.39, 0.29) is 36.5 Å². The summed E-state index contributed by atoms with van der Waals surface area (Å²) in [5, 5.41) is 19.9. The van der Waals surface area contributed by atoms with E-state index in [2.05, 4.69) is 29.8 Å². The SMILES string of the molecule is COCCCOc1cc(C[C@@H](C[C@H](NC(=O)OC(C)(C)C)[C@@H](O)C[C@@H](C)C(=O)NCCCC(=O)NCCOC)C(C)C)ccc1OC. The molecule has 4 N–H and O–H groups in total. The number of methoxy groups -OCH3 is 3. The molecule has 1 aromatic carbocycles. The Bertz CT molecular complexity index is 1060. The van der Waals surface area contributed by atoms with E-state index >= 15 is 0 Å². The Morgan fingerprint density at radius 3 is 2.19 bits per heavy atom. The topological polar surface area (TPSA) is 154 Å². The number of benzene rings is 1. The lowest BCUT2D eigenvalue weighted by atomic mass is 9.82. The van der Waals surface area contributed by atoms with Crippen molar-refractivity contribution in [2.75, 3.05) is 54.2 Å². The van der Waals surface area contributed by atoms with Gasteiger partial charge in [0.05, 0.1) is 32.5 Å². The van der Waals surface area contributed by atoms with Crippen LogP contribution in [0, 0.1) is 17.8 Å². The third kappa shape index (κ3) is 18.1. The molecule has 0 radical (unpaired) electrons. The number of carbonyl (C=O) groups excluding carboxylic acids is 3. The lowest BCUT2D eigenvalue weighted by Gasteiger charge is -2.32. The molecule has 0 aliphatic heterocycles. The number of hydrogen-bond donors (Lipinski definition) is 4. The molecule has 0 aliphatic carbocycles. The lowest BCUT2D eigenvalue weighted by molar-refractivity contribution is -0.126. The van der Waals surface area contributed by atoms with Crippen molar-refractivity contribution < 1.29 is 43.2 Å². The summed E-state index contributed by atoms with van der Waals surface area (Å²) < 4.78 is 27.0. The van der Waals surface area contributed by atoms with Crippen molar-refractivity contribution >= 4 is 17.9 Å². The fraction of sp³-hybridized carbons (Fsp3) is 0.743. The van der Waals surface area contributed by atoms with E-state index in [1.54, 1.807) is 49.0 Å². The molecular weight excluding hydrogens is 606 g/mol. The fourth-order valence-corrected chi connectivity index (χ4v) is 4.99. The highest BCUT2D eigenvalue weighted by atomic mass is 16.6. The smallest absolute Gasteiger partial charge is 0.407 e. The molecule has 3 amide bonds. The maximum atomic E-state index is 12.9. The van der Waals surface area contributed by atoms with Crippen LogP contribution in [0.1, 0.15) is 79.2 Å². The van der Waals surface area contributed by atoms with Crippen LogP contribution in [0.4, 0.5) is 4.79 Å². The number of ether oxygens (including phenoxy) is 5. The van der Waals surface area contributed by atoms with E-state index in [0.717, 1.165) is 12.0 Å². The summed E-state index contributed by atoms with van der Waals surface area (Å²) in [6.07, 6.45) is 1.16. The number of alkyl carbamates (subject to hydrolysis) is 1. The van der Waals surface area contributed by atoms with E-state index in [0.29, 0.717) is 63.7 Å². The fourth-order valence-electron chi connectivity index (χ4n) is 4.99. The molecule has 0 fully saturated rings. The normalized spacial score (nSPS) is 14.1. The van der Waals surface area contributed by atoms with Crippen molar-refractivity contribution in [1.82, 2.24) is 16.0 Å². The molecule has 12 heteroatoms. The Kier molecular flexibility index (Phi) is 20.1. The second-order valence-electron chi connectivity index (χ2n) is 13.3. The Labute approximate surface area is 282 Å². The maximum absolute atomic E-state index is 12.9. The minimum Gasteiger partial charge on any atom is -0.493 e. The first kappa shape index (κ1) is 41.9. The summed E-state index contributed by atoms with van der Waals surface area (Å²) in [6, 6.07) is 5.20. The number of amides is 3. The lowest BCUT2D eigenvalue weighted by Crippen LogP contribution is -2.48. The monoisotopic (exact) mass is 667 g/mol. The standard InChI is InChI=1S/C35H61N3O9/c1-24(2)27(21-26-13-14-30(45-9)31(22-26)46-18-11-17-43-7)23-28(38-34(42)47-35(4,5)6)29(39)20-25(3)33(41)37-15-10-12-32(40)36-16-19-44-8/h13-14,22,24-25,27-29,39H,10-12,15-21,23H2,1-9H3,(H,36,40)(H,37,41)(H,38,42)/t25-,27+,28+,29+/m1/s1. The van der Waals surface area contributed by atoms with Gasteiger partial charge in [0, 0.05) is 52.7 Å². The second-order valence-corrected chi connectivity index (χ2v) is 13.3. The molecule has 1 aromatic rings. The zero-order valence-corrected chi connectivity index (χ0v) is 30.1. The predicted octanol–water partition coefficient (Wildman–Crippen LogP) is 4.25. The number of hydrogen-bond acceptors (Lipinski definition) is 9. The van der Waals surface area contributed by atoms with Crippen LogP contribution >= 0.6 is 0 Å². The average molecular weight is 668 g/mol. The average Bonchev–Trinajstić information content (AvgIpc) is 2.99. The van der Waals surface area contributed by atoms with Gasteiger partial charge in [-0.1, -0.05) is 26.8 Å². The molecule has 4 atom stereocenters. The summed E-state index contributed by atoms with van der Waals surface area (Å²) >= 11 is 0. The minimum atomic E-state index is -1.01. The van der Waals surface area contributed by atoms with E-state index < -0.39 is 29.8 Å². The number of aliphatic hydroxyl groups is 1. The van der Waals surface area contributed by atoms with Gasteiger partial charge in [0.15, 0.2) is 11.5 Å². The zero-order chi connectivity index (χ0) is 35.4. The molecule has 0 heterocycles. The van der Waals surface area contributed by atoms with Crippen molar-refractivity contribution in [3.05, 3.63) is 23.8 Å². The Morgan fingerprint density at radius 1 is 0.872 bits per heavy atom. The quantitative estimate of drug-likeness (QED) is 0.125. The summed E-state index contributed by atoms with van der Waals surface area (Å²) in [5.41, 5.74) is 0.324. The van der Waals surface area contributed by atoms with Gasteiger partial charge in [-0.25, -0.2) is 4.79 Å². The highest BCUT2D eigenvalue weighted by molar-refractivity contribution is 5.78. The van der Waals surface area contributed by atoms with Crippen LogP contribution in [-0.2, 0) is 30.2 Å². The molecule has 0 spiro atoms. The van der Waals surface area contributed by atoms with Crippen molar-refractivity contribution in [3.8, 4) is 11.5 Å². The van der Waals surface area contributed by atoms with Crippen molar-refractivity contribution in [2.24, 2.45) is 17.8 Å². The van der Waals surface area contributed by atoms with Gasteiger partial charge in [-0.3, -0.25) is 9.59 Å². The van der Waals surface area contributed by atoms with Gasteiger partial charge in [-0.05, 0) is 76.0 Å². The molecule has 0 aromatic heterocycles. The third-order valence-corrected chi connectivity index (χ3v) is 7.69. The molecule has 0 saturated heterocycles. The van der Waals surface area contributed by atoms with Crippen LogP contribution < -0.4 is 25.4 Å². The summed E-state index contributed by atoms with van der Waals surface area (Å²) in [4.78, 5) is 37.6. The first-order chi connectivity index (χ1) is 22.2. The number of nitrogens with one attached hydrogen (secondary N) is 3. The number of aliphatic hydroxyl groups excluding tert-OH is 1. The molecule has 0 saturated carbocycles. The van der Waals surface area contributed by atoms with Gasteiger partial charge in [-0.2, -0.15) is 0 Å². The van der Waals surface area contributed by atoms with Gasteiger partial charge in [0.25, 0.3) is 0 Å². The Hall–Kier alpha value is -3.09. The van der Waals surface area contributed by atoms with Crippen molar-refractivity contribution in [2.45, 2.75) is 97.8 Å². The molecule has 12 nitrogen and oxygen atoms in total. The van der Waals surface area contributed by atoms with Gasteiger partial charge in [0.1, 0.15) is 5.60 Å². The van der Waals surface area contributed by atoms with E-state index in [9.17, 15) is 19.5 Å². The van der Waals surface area contributed by atoms with Crippen LogP contribution in [0.25, 0.3) is 0 Å². The summed E-state index contributed by atoms with van der Waals surface area (Å²) in [6.45, 7) is 13.6. The van der Waals surface area contributed by atoms with Gasteiger partial charge in [-0.15, -0.1) is 0 Å². The van der Waals surface area contributed by atoms with E-state index in [4.69, 9.17) is 23.7 Å². The summed E-state index contributed by atoms with van der Waals surface area (Å²) in [5.74, 6) is 0.723. The Balaban J connectivity index is 2.97. The van der Waals surface area contributed by atoms with Gasteiger partial charge >= 0.3 is 6.09 Å². The zero-order valence-electron chi connectivity index (χ0n) is 30.1. The third-order valence-electron chi connectivity index (χ3n) is 7.69. The first-order valence-corrected chi connectivity index (χ1v) is 16.7. The van der Waals surface area contributed by atoms with Crippen LogP contribution in [0.15, 0.2) is 18.2 Å². The van der Waals surface area contributed by atoms with Gasteiger partial charge in [0.2, 0.25) is 11.8 Å². The largest absolute Gasteiger partial charge is 0.493 e. The second kappa shape index (κ2) is 22.5. The van der Waals surface area contributed by atoms with Crippen LogP contribution in [-0.4, -0.2) is 95.0 Å². The minimum absolute atomic E-state index is 0.0680.